The van der Waals surface area contributed by atoms with Gasteiger partial charge in [-0.2, -0.15) is 4.98 Å². The van der Waals surface area contributed by atoms with E-state index in [-0.39, 0.29) is 11.9 Å². The number of nitrogens with zero attached hydrogens (tertiary/aromatic N) is 7. The maximum atomic E-state index is 13.6. The molecule has 0 spiro atoms. The Hall–Kier alpha value is -3.55. The summed E-state index contributed by atoms with van der Waals surface area (Å²) in [4.78, 5) is 25.8. The SMILES string of the molecule is CN=Cc1cnc(N2CCN(c3cc(-c4ccc(F)cc4)nc(N4CCC[C@H]4C)n3)C(C)C2)c(C)c1. The normalized spacial score (nSPS) is 20.5. The van der Waals surface area contributed by atoms with Gasteiger partial charge >= 0.3 is 0 Å². The third kappa shape index (κ3) is 4.90. The molecule has 36 heavy (non-hydrogen) atoms. The van der Waals surface area contributed by atoms with Crippen LogP contribution in [-0.4, -0.2) is 66.5 Å². The lowest BCUT2D eigenvalue weighted by Crippen LogP contribution is -2.53. The number of anilines is 3. The molecule has 0 saturated carbocycles. The van der Waals surface area contributed by atoms with Crippen molar-refractivity contribution in [2.45, 2.75) is 45.7 Å². The fourth-order valence-electron chi connectivity index (χ4n) is 5.33. The minimum atomic E-state index is -0.245. The summed E-state index contributed by atoms with van der Waals surface area (Å²) in [6.07, 6.45) is 6.00. The summed E-state index contributed by atoms with van der Waals surface area (Å²) < 4.78 is 13.6. The lowest BCUT2D eigenvalue weighted by Gasteiger charge is -2.41. The van der Waals surface area contributed by atoms with E-state index in [4.69, 9.17) is 15.0 Å². The Morgan fingerprint density at radius 1 is 1.00 bits per heavy atom. The second-order valence-corrected chi connectivity index (χ2v) is 9.89. The number of benzene rings is 1. The van der Waals surface area contributed by atoms with Gasteiger partial charge in [0.2, 0.25) is 5.95 Å². The summed E-state index contributed by atoms with van der Waals surface area (Å²) >= 11 is 0. The predicted molar refractivity (Wildman–Crippen MR) is 145 cm³/mol. The molecular formula is C28H34FN7. The fraction of sp³-hybridized carbons (Fsp3) is 0.429. The molecule has 5 rings (SSSR count). The van der Waals surface area contributed by atoms with E-state index in [1.54, 1.807) is 19.2 Å². The molecule has 7 nitrogen and oxygen atoms in total. The average Bonchev–Trinajstić information content (AvgIpc) is 3.30. The molecule has 8 heteroatoms. The number of aliphatic imine (C=N–C) groups is 1. The van der Waals surface area contributed by atoms with E-state index in [2.05, 4.69) is 46.5 Å². The number of pyridine rings is 1. The van der Waals surface area contributed by atoms with Crippen molar-refractivity contribution in [1.82, 2.24) is 15.0 Å². The van der Waals surface area contributed by atoms with E-state index in [1.807, 2.05) is 18.5 Å². The Bertz CT molecular complexity index is 1240. The van der Waals surface area contributed by atoms with Gasteiger partial charge in [0.05, 0.1) is 5.69 Å². The average molecular weight is 488 g/mol. The van der Waals surface area contributed by atoms with Crippen LogP contribution in [0.4, 0.5) is 22.0 Å². The van der Waals surface area contributed by atoms with Crippen LogP contribution < -0.4 is 14.7 Å². The smallest absolute Gasteiger partial charge is 0.228 e. The summed E-state index contributed by atoms with van der Waals surface area (Å²) in [6, 6.07) is 11.4. The molecule has 2 saturated heterocycles. The minimum Gasteiger partial charge on any atom is -0.353 e. The molecule has 3 aromatic rings. The Balaban J connectivity index is 1.43. The molecule has 1 unspecified atom stereocenters. The quantitative estimate of drug-likeness (QED) is 0.485. The van der Waals surface area contributed by atoms with Crippen LogP contribution in [0.2, 0.25) is 0 Å². The summed E-state index contributed by atoms with van der Waals surface area (Å²) in [6.45, 7) is 10.1. The molecule has 2 atom stereocenters. The highest BCUT2D eigenvalue weighted by molar-refractivity contribution is 5.80. The first-order chi connectivity index (χ1) is 17.4. The van der Waals surface area contributed by atoms with E-state index in [0.29, 0.717) is 6.04 Å². The van der Waals surface area contributed by atoms with Gasteiger partial charge in [-0.3, -0.25) is 4.99 Å². The summed E-state index contributed by atoms with van der Waals surface area (Å²) in [5.41, 5.74) is 3.90. The molecule has 2 aliphatic heterocycles. The van der Waals surface area contributed by atoms with Crippen molar-refractivity contribution < 1.29 is 4.39 Å². The minimum absolute atomic E-state index is 0.233. The Kier molecular flexibility index (Phi) is 6.85. The van der Waals surface area contributed by atoms with Crippen molar-refractivity contribution in [3.63, 3.8) is 0 Å². The number of hydrogen-bond acceptors (Lipinski definition) is 7. The lowest BCUT2D eigenvalue weighted by atomic mass is 10.1. The number of aromatic nitrogens is 3. The van der Waals surface area contributed by atoms with E-state index in [0.717, 1.165) is 79.0 Å². The summed E-state index contributed by atoms with van der Waals surface area (Å²) in [5.74, 6) is 2.46. The van der Waals surface area contributed by atoms with Gasteiger partial charge < -0.3 is 14.7 Å². The van der Waals surface area contributed by atoms with Gasteiger partial charge in [0.25, 0.3) is 0 Å². The highest BCUT2D eigenvalue weighted by Gasteiger charge is 2.29. The van der Waals surface area contributed by atoms with Crippen LogP contribution in [0.1, 0.15) is 37.8 Å². The zero-order chi connectivity index (χ0) is 25.2. The first kappa shape index (κ1) is 24.2. The number of piperazine rings is 1. The first-order valence-corrected chi connectivity index (χ1v) is 12.7. The monoisotopic (exact) mass is 487 g/mol. The molecule has 1 aromatic carbocycles. The Labute approximate surface area is 212 Å². The van der Waals surface area contributed by atoms with E-state index >= 15 is 0 Å². The zero-order valence-electron chi connectivity index (χ0n) is 21.5. The molecule has 188 valence electrons. The molecule has 0 radical (unpaired) electrons. The van der Waals surface area contributed by atoms with Crippen LogP contribution in [0.25, 0.3) is 11.3 Å². The maximum Gasteiger partial charge on any atom is 0.228 e. The molecule has 0 N–H and O–H groups in total. The van der Waals surface area contributed by atoms with Gasteiger partial charge in [-0.05, 0) is 69.5 Å². The van der Waals surface area contributed by atoms with Gasteiger partial charge in [-0.15, -0.1) is 0 Å². The van der Waals surface area contributed by atoms with Crippen LogP contribution in [-0.2, 0) is 0 Å². The fourth-order valence-corrected chi connectivity index (χ4v) is 5.33. The lowest BCUT2D eigenvalue weighted by molar-refractivity contribution is 0.541. The van der Waals surface area contributed by atoms with Crippen molar-refractivity contribution in [2.24, 2.45) is 4.99 Å². The molecule has 0 amide bonds. The van der Waals surface area contributed by atoms with Crippen LogP contribution in [0.3, 0.4) is 0 Å². The topological polar surface area (TPSA) is 60.8 Å². The van der Waals surface area contributed by atoms with Crippen molar-refractivity contribution in [2.75, 3.05) is 47.9 Å². The van der Waals surface area contributed by atoms with E-state index < -0.39 is 0 Å². The Morgan fingerprint density at radius 2 is 1.81 bits per heavy atom. The van der Waals surface area contributed by atoms with Gasteiger partial charge in [0.1, 0.15) is 17.5 Å². The highest BCUT2D eigenvalue weighted by Crippen LogP contribution is 2.31. The zero-order valence-corrected chi connectivity index (χ0v) is 21.5. The predicted octanol–water partition coefficient (Wildman–Crippen LogP) is 4.74. The largest absolute Gasteiger partial charge is 0.353 e. The molecule has 4 heterocycles. The molecule has 2 fully saturated rings. The number of aryl methyl sites for hydroxylation is 1. The summed E-state index contributed by atoms with van der Waals surface area (Å²) in [5, 5.41) is 0. The molecule has 0 aliphatic carbocycles. The third-order valence-corrected chi connectivity index (χ3v) is 7.22. The number of halogens is 1. The van der Waals surface area contributed by atoms with Gasteiger partial charge in [-0.25, -0.2) is 14.4 Å². The van der Waals surface area contributed by atoms with Gasteiger partial charge in [0.15, 0.2) is 0 Å². The van der Waals surface area contributed by atoms with Crippen LogP contribution in [0.15, 0.2) is 47.6 Å². The van der Waals surface area contributed by atoms with Crippen molar-refractivity contribution in [1.29, 1.82) is 0 Å². The maximum absolute atomic E-state index is 13.6. The van der Waals surface area contributed by atoms with Crippen LogP contribution >= 0.6 is 0 Å². The second kappa shape index (κ2) is 10.2. The number of hydrogen-bond donors (Lipinski definition) is 0. The molecule has 2 aliphatic rings. The molecular weight excluding hydrogens is 453 g/mol. The van der Waals surface area contributed by atoms with Gasteiger partial charge in [-0.1, -0.05) is 0 Å². The van der Waals surface area contributed by atoms with Crippen LogP contribution in [0.5, 0.6) is 0 Å². The standard InChI is InChI=1S/C28H34FN7/c1-19-14-22(16-30-4)17-31-27(19)34-12-13-35(21(3)18-34)26-15-25(23-7-9-24(29)10-8-23)32-28(33-26)36-11-5-6-20(36)2/h7-10,14-17,20-21H,5-6,11-13,18H2,1-4H3/t20-,21?/m1/s1. The van der Waals surface area contributed by atoms with Crippen molar-refractivity contribution >= 4 is 23.8 Å². The third-order valence-electron chi connectivity index (χ3n) is 7.22. The second-order valence-electron chi connectivity index (χ2n) is 9.89. The van der Waals surface area contributed by atoms with Gasteiger partial charge in [0, 0.05) is 74.9 Å². The molecule has 0 bridgehead atoms. The summed E-state index contributed by atoms with van der Waals surface area (Å²) in [7, 11) is 1.77. The molecule has 2 aromatic heterocycles. The first-order valence-electron chi connectivity index (χ1n) is 12.7. The van der Waals surface area contributed by atoms with Crippen molar-refractivity contribution in [3.8, 4) is 11.3 Å². The van der Waals surface area contributed by atoms with E-state index in [1.165, 1.54) is 12.1 Å². The van der Waals surface area contributed by atoms with Crippen LogP contribution in [0, 0.1) is 12.7 Å². The number of rotatable bonds is 5. The van der Waals surface area contributed by atoms with E-state index in [9.17, 15) is 4.39 Å². The highest BCUT2D eigenvalue weighted by atomic mass is 19.1. The van der Waals surface area contributed by atoms with Crippen molar-refractivity contribution in [3.05, 3.63) is 59.5 Å². The Morgan fingerprint density at radius 3 is 2.47 bits per heavy atom.